The zero-order valence-corrected chi connectivity index (χ0v) is 5.18. The molecule has 0 aliphatic carbocycles. The molecule has 0 aromatic carbocycles. The molecule has 0 aliphatic heterocycles. The maximum atomic E-state index is 9.76. The van der Waals surface area contributed by atoms with E-state index in [0.29, 0.717) is 6.61 Å². The Morgan fingerprint density at radius 2 is 2.38 bits per heavy atom. The molecule has 0 saturated carbocycles. The number of allylic oxidation sites excluding steroid dienone is 1. The van der Waals surface area contributed by atoms with Gasteiger partial charge in [-0.2, -0.15) is 0 Å². The van der Waals surface area contributed by atoms with Crippen LogP contribution in [0.2, 0.25) is 0 Å². The van der Waals surface area contributed by atoms with Gasteiger partial charge in [0.2, 0.25) is 0 Å². The van der Waals surface area contributed by atoms with Gasteiger partial charge >= 0.3 is 0 Å². The first-order valence-electron chi connectivity index (χ1n) is 2.41. The smallest absolute Gasteiger partial charge is 0.142 e. The van der Waals surface area contributed by atoms with E-state index in [2.05, 4.69) is 0 Å². The molecule has 0 fully saturated rings. The van der Waals surface area contributed by atoms with Crippen molar-refractivity contribution < 1.29 is 9.53 Å². The van der Waals surface area contributed by atoms with E-state index in [9.17, 15) is 4.79 Å². The zero-order valence-electron chi connectivity index (χ0n) is 5.18. The molecule has 0 N–H and O–H groups in total. The summed E-state index contributed by atoms with van der Waals surface area (Å²) in [5.41, 5.74) is 0.947. The van der Waals surface area contributed by atoms with Crippen LogP contribution in [0.25, 0.3) is 0 Å². The van der Waals surface area contributed by atoms with Crippen LogP contribution >= 0.6 is 0 Å². The Morgan fingerprint density at radius 3 is 2.75 bits per heavy atom. The molecule has 0 unspecified atom stereocenters. The molecule has 0 aromatic rings. The van der Waals surface area contributed by atoms with Crippen molar-refractivity contribution in [3.63, 3.8) is 0 Å². The predicted molar refractivity (Wildman–Crippen MR) is 31.7 cm³/mol. The van der Waals surface area contributed by atoms with Gasteiger partial charge in [-0.05, 0) is 18.6 Å². The fourth-order valence-corrected chi connectivity index (χ4v) is 0.392. The Kier molecular flexibility index (Phi) is 4.17. The lowest BCUT2D eigenvalue weighted by molar-refractivity contribution is -0.104. The molecule has 2 nitrogen and oxygen atoms in total. The van der Waals surface area contributed by atoms with E-state index >= 15 is 0 Å². The summed E-state index contributed by atoms with van der Waals surface area (Å²) in [6.07, 6.45) is 2.25. The summed E-state index contributed by atoms with van der Waals surface area (Å²) in [5.74, 6) is 0. The fourth-order valence-electron chi connectivity index (χ4n) is 0.392. The van der Waals surface area contributed by atoms with Gasteiger partial charge in [-0.3, -0.25) is 4.79 Å². The molecule has 0 aliphatic rings. The molecule has 0 aromatic heterocycles. The van der Waals surface area contributed by atoms with Crippen LogP contribution in [0.15, 0.2) is 11.6 Å². The van der Waals surface area contributed by atoms with Gasteiger partial charge in [0.05, 0.1) is 6.61 Å². The largest absolute Gasteiger partial charge is 0.380 e. The minimum absolute atomic E-state index is 0.540. The van der Waals surface area contributed by atoms with Crippen molar-refractivity contribution in [3.05, 3.63) is 11.6 Å². The number of hydrogen-bond acceptors (Lipinski definition) is 2. The number of carbonyl (C=O) groups is 1. The van der Waals surface area contributed by atoms with E-state index in [1.54, 1.807) is 7.11 Å². The Morgan fingerprint density at radius 1 is 1.75 bits per heavy atom. The third kappa shape index (κ3) is 3.56. The SMILES string of the molecule is COCC(C)=CC=O. The molecule has 0 atom stereocenters. The minimum atomic E-state index is 0.540. The van der Waals surface area contributed by atoms with Gasteiger partial charge in [-0.1, -0.05) is 0 Å². The van der Waals surface area contributed by atoms with Crippen molar-refractivity contribution in [2.45, 2.75) is 6.92 Å². The molecule has 0 amide bonds. The first-order chi connectivity index (χ1) is 3.81. The standard InChI is InChI=1S/C6H10O2/c1-6(3-4-7)5-8-2/h3-4H,5H2,1-2H3. The third-order valence-electron chi connectivity index (χ3n) is 0.725. The van der Waals surface area contributed by atoms with E-state index in [1.165, 1.54) is 6.08 Å². The molecule has 2 heteroatoms. The van der Waals surface area contributed by atoms with E-state index in [1.807, 2.05) is 6.92 Å². The molecule has 0 saturated heterocycles. The average Bonchev–Trinajstić information content (AvgIpc) is 1.68. The highest BCUT2D eigenvalue weighted by molar-refractivity contribution is 5.65. The second kappa shape index (κ2) is 4.53. The Bertz CT molecular complexity index is 94.7. The second-order valence-electron chi connectivity index (χ2n) is 1.58. The van der Waals surface area contributed by atoms with Crippen molar-refractivity contribution in [2.24, 2.45) is 0 Å². The van der Waals surface area contributed by atoms with Crippen LogP contribution in [-0.2, 0) is 9.53 Å². The molecule has 0 rings (SSSR count). The highest BCUT2D eigenvalue weighted by Gasteiger charge is 1.82. The Hall–Kier alpha value is -0.630. The van der Waals surface area contributed by atoms with Gasteiger partial charge in [0.25, 0.3) is 0 Å². The highest BCUT2D eigenvalue weighted by Crippen LogP contribution is 1.88. The lowest BCUT2D eigenvalue weighted by atomic mass is 10.3. The number of carbonyl (C=O) groups excluding carboxylic acids is 1. The molecular formula is C6H10O2. The lowest BCUT2D eigenvalue weighted by Gasteiger charge is -1.92. The van der Waals surface area contributed by atoms with Gasteiger partial charge in [0.1, 0.15) is 6.29 Å². The van der Waals surface area contributed by atoms with Crippen molar-refractivity contribution in [2.75, 3.05) is 13.7 Å². The molecule has 0 radical (unpaired) electrons. The molecule has 0 spiro atoms. The summed E-state index contributed by atoms with van der Waals surface area (Å²) < 4.78 is 4.73. The third-order valence-corrected chi connectivity index (χ3v) is 0.725. The van der Waals surface area contributed by atoms with Gasteiger partial charge in [0, 0.05) is 7.11 Å². The first-order valence-corrected chi connectivity index (χ1v) is 2.41. The number of methoxy groups -OCH3 is 1. The first kappa shape index (κ1) is 7.37. The maximum Gasteiger partial charge on any atom is 0.142 e. The van der Waals surface area contributed by atoms with Crippen LogP contribution in [-0.4, -0.2) is 20.0 Å². The molecule has 8 heavy (non-hydrogen) atoms. The topological polar surface area (TPSA) is 26.3 Å². The van der Waals surface area contributed by atoms with Crippen LogP contribution in [0.4, 0.5) is 0 Å². The fraction of sp³-hybridized carbons (Fsp3) is 0.500. The highest BCUT2D eigenvalue weighted by atomic mass is 16.5. The van der Waals surface area contributed by atoms with Gasteiger partial charge < -0.3 is 4.74 Å². The van der Waals surface area contributed by atoms with E-state index in [4.69, 9.17) is 4.74 Å². The number of ether oxygens (including phenoxy) is 1. The van der Waals surface area contributed by atoms with Gasteiger partial charge in [0.15, 0.2) is 0 Å². The monoisotopic (exact) mass is 114 g/mol. The molecular weight excluding hydrogens is 104 g/mol. The zero-order chi connectivity index (χ0) is 6.41. The summed E-state index contributed by atoms with van der Waals surface area (Å²) in [6, 6.07) is 0. The number of aldehydes is 1. The van der Waals surface area contributed by atoms with Crippen LogP contribution in [0, 0.1) is 0 Å². The normalized spacial score (nSPS) is 11.5. The quantitative estimate of drug-likeness (QED) is 0.400. The van der Waals surface area contributed by atoms with Crippen molar-refractivity contribution >= 4 is 6.29 Å². The predicted octanol–water partition coefficient (Wildman–Crippen LogP) is 0.778. The van der Waals surface area contributed by atoms with Gasteiger partial charge in [-0.25, -0.2) is 0 Å². The van der Waals surface area contributed by atoms with Gasteiger partial charge in [-0.15, -0.1) is 0 Å². The lowest BCUT2D eigenvalue weighted by Crippen LogP contribution is -1.88. The van der Waals surface area contributed by atoms with Crippen molar-refractivity contribution in [3.8, 4) is 0 Å². The van der Waals surface area contributed by atoms with Crippen LogP contribution in [0.5, 0.6) is 0 Å². The van der Waals surface area contributed by atoms with Crippen LogP contribution < -0.4 is 0 Å². The number of hydrogen-bond donors (Lipinski definition) is 0. The second-order valence-corrected chi connectivity index (χ2v) is 1.58. The minimum Gasteiger partial charge on any atom is -0.380 e. The van der Waals surface area contributed by atoms with E-state index < -0.39 is 0 Å². The van der Waals surface area contributed by atoms with Crippen molar-refractivity contribution in [1.82, 2.24) is 0 Å². The summed E-state index contributed by atoms with van der Waals surface area (Å²) in [5, 5.41) is 0. The summed E-state index contributed by atoms with van der Waals surface area (Å²) >= 11 is 0. The summed E-state index contributed by atoms with van der Waals surface area (Å²) in [7, 11) is 1.60. The van der Waals surface area contributed by atoms with Crippen molar-refractivity contribution in [1.29, 1.82) is 0 Å². The number of rotatable bonds is 3. The molecule has 0 bridgehead atoms. The summed E-state index contributed by atoms with van der Waals surface area (Å²) in [4.78, 5) is 9.76. The Labute approximate surface area is 49.1 Å². The molecule has 46 valence electrons. The average molecular weight is 114 g/mol. The summed E-state index contributed by atoms with van der Waals surface area (Å²) in [6.45, 7) is 2.39. The van der Waals surface area contributed by atoms with E-state index in [-0.39, 0.29) is 0 Å². The van der Waals surface area contributed by atoms with E-state index in [0.717, 1.165) is 11.9 Å². The Balaban J connectivity index is 3.44. The maximum absolute atomic E-state index is 9.76. The van der Waals surface area contributed by atoms with Crippen LogP contribution in [0.3, 0.4) is 0 Å². The molecule has 0 heterocycles. The van der Waals surface area contributed by atoms with Crippen LogP contribution in [0.1, 0.15) is 6.92 Å².